The van der Waals surface area contributed by atoms with Crippen LogP contribution in [0.4, 0.5) is 0 Å². The average Bonchev–Trinajstić information content (AvgIpc) is 3.24. The highest BCUT2D eigenvalue weighted by molar-refractivity contribution is 5.73. The molecule has 0 bridgehead atoms. The molecule has 2 aromatic heterocycles. The Hall–Kier alpha value is -1.65. The fourth-order valence-corrected chi connectivity index (χ4v) is 3.43. The molecule has 9 nitrogen and oxygen atoms in total. The third-order valence-corrected chi connectivity index (χ3v) is 4.90. The number of rotatable bonds is 5. The van der Waals surface area contributed by atoms with E-state index in [1.807, 2.05) is 4.57 Å². The summed E-state index contributed by atoms with van der Waals surface area (Å²) in [5.74, 6) is 0. The summed E-state index contributed by atoms with van der Waals surface area (Å²) in [5.41, 5.74) is 2.37. The van der Waals surface area contributed by atoms with E-state index < -0.39 is 12.2 Å². The number of imidazole rings is 1. The van der Waals surface area contributed by atoms with Crippen molar-refractivity contribution >= 4 is 11.2 Å². The lowest BCUT2D eigenvalue weighted by atomic mass is 10.2. The molecule has 0 saturated carbocycles. The number of hydrogen-bond acceptors (Lipinski definition) is 8. The van der Waals surface area contributed by atoms with Gasteiger partial charge in [0.05, 0.1) is 37.9 Å². The van der Waals surface area contributed by atoms with Crippen LogP contribution in [0.5, 0.6) is 0 Å². The molecule has 0 amide bonds. The van der Waals surface area contributed by atoms with E-state index >= 15 is 0 Å². The molecule has 0 unspecified atom stereocenters. The van der Waals surface area contributed by atoms with Gasteiger partial charge in [-0.15, -0.1) is 0 Å². The summed E-state index contributed by atoms with van der Waals surface area (Å²) >= 11 is 0. The van der Waals surface area contributed by atoms with Gasteiger partial charge < -0.3 is 19.7 Å². The molecule has 2 aromatic rings. The lowest BCUT2D eigenvalue weighted by Crippen LogP contribution is -2.37. The highest BCUT2D eigenvalue weighted by Crippen LogP contribution is 2.30. The van der Waals surface area contributed by atoms with Gasteiger partial charge in [-0.3, -0.25) is 9.47 Å². The molecule has 2 N–H and O–H groups in total. The van der Waals surface area contributed by atoms with Crippen LogP contribution < -0.4 is 0 Å². The van der Waals surface area contributed by atoms with E-state index in [4.69, 9.17) is 9.47 Å². The Morgan fingerprint density at radius 3 is 2.80 bits per heavy atom. The van der Waals surface area contributed by atoms with Crippen molar-refractivity contribution in [2.24, 2.45) is 0 Å². The zero-order valence-electron chi connectivity index (χ0n) is 14.0. The van der Waals surface area contributed by atoms with Crippen molar-refractivity contribution in [3.8, 4) is 0 Å². The van der Waals surface area contributed by atoms with Crippen molar-refractivity contribution in [3.05, 3.63) is 18.3 Å². The molecule has 9 heteroatoms. The summed E-state index contributed by atoms with van der Waals surface area (Å²) in [7, 11) is 0. The topological polar surface area (TPSA) is 106 Å². The van der Waals surface area contributed by atoms with E-state index in [1.165, 1.54) is 0 Å². The summed E-state index contributed by atoms with van der Waals surface area (Å²) in [5, 5.41) is 19.2. The molecule has 4 heterocycles. The van der Waals surface area contributed by atoms with E-state index in [0.29, 0.717) is 12.1 Å². The monoisotopic (exact) mass is 349 g/mol. The van der Waals surface area contributed by atoms with Crippen LogP contribution in [-0.4, -0.2) is 86.3 Å². The first kappa shape index (κ1) is 16.8. The van der Waals surface area contributed by atoms with Crippen molar-refractivity contribution < 1.29 is 19.7 Å². The van der Waals surface area contributed by atoms with Crippen molar-refractivity contribution in [1.29, 1.82) is 0 Å². The van der Waals surface area contributed by atoms with Gasteiger partial charge in [-0.1, -0.05) is 0 Å². The van der Waals surface area contributed by atoms with Crippen LogP contribution in [0, 0.1) is 0 Å². The van der Waals surface area contributed by atoms with Gasteiger partial charge in [0.25, 0.3) is 0 Å². The number of aliphatic hydroxyl groups is 2. The normalized spacial score (nSPS) is 28.0. The quantitative estimate of drug-likeness (QED) is 0.733. The molecule has 0 aliphatic carbocycles. The maximum atomic E-state index is 9.95. The van der Waals surface area contributed by atoms with E-state index in [9.17, 15) is 10.2 Å². The molecule has 0 aromatic carbocycles. The minimum Gasteiger partial charge on any atom is -0.394 e. The molecular formula is C16H23N5O4. The van der Waals surface area contributed by atoms with Crippen LogP contribution in [-0.2, 0) is 15.9 Å². The molecule has 2 fully saturated rings. The number of ether oxygens (including phenoxy) is 2. The maximum Gasteiger partial charge on any atom is 0.165 e. The fraction of sp³-hybridized carbons (Fsp3) is 0.688. The van der Waals surface area contributed by atoms with Crippen molar-refractivity contribution in [1.82, 2.24) is 24.4 Å². The summed E-state index contributed by atoms with van der Waals surface area (Å²) in [6.45, 7) is 4.15. The maximum absolute atomic E-state index is 9.95. The number of nitrogens with zero attached hydrogens (tertiary/aromatic N) is 5. The third-order valence-electron chi connectivity index (χ3n) is 4.90. The highest BCUT2D eigenvalue weighted by atomic mass is 16.5. The second kappa shape index (κ2) is 7.30. The Bertz CT molecular complexity index is 718. The molecule has 2 saturated heterocycles. The predicted molar refractivity (Wildman–Crippen MR) is 87.9 cm³/mol. The third kappa shape index (κ3) is 3.38. The number of hydrogen-bond donors (Lipinski definition) is 2. The molecule has 0 spiro atoms. The number of aliphatic hydroxyl groups excluding tert-OH is 2. The lowest BCUT2D eigenvalue weighted by Gasteiger charge is -2.26. The molecule has 136 valence electrons. The first-order valence-electron chi connectivity index (χ1n) is 8.67. The molecule has 4 rings (SSSR count). The van der Waals surface area contributed by atoms with Gasteiger partial charge in [0.1, 0.15) is 24.2 Å². The Labute approximate surface area is 145 Å². The van der Waals surface area contributed by atoms with Crippen LogP contribution in [0.2, 0.25) is 0 Å². The smallest absolute Gasteiger partial charge is 0.165 e. The lowest BCUT2D eigenvalue weighted by molar-refractivity contribution is -0.0432. The van der Waals surface area contributed by atoms with Crippen LogP contribution >= 0.6 is 0 Å². The van der Waals surface area contributed by atoms with Crippen molar-refractivity contribution in [3.63, 3.8) is 0 Å². The van der Waals surface area contributed by atoms with E-state index in [1.54, 1.807) is 12.7 Å². The van der Waals surface area contributed by atoms with Gasteiger partial charge in [-0.25, -0.2) is 15.0 Å². The van der Waals surface area contributed by atoms with Gasteiger partial charge in [0, 0.05) is 32.5 Å². The van der Waals surface area contributed by atoms with Crippen LogP contribution in [0.15, 0.2) is 12.7 Å². The SMILES string of the molecule is OC[C@H]1O[C@@H](n2cnc3c(CCN4CCOCC4)ncnc32)C[C@@H]1O. The Morgan fingerprint density at radius 1 is 1.20 bits per heavy atom. The zero-order valence-corrected chi connectivity index (χ0v) is 14.0. The van der Waals surface area contributed by atoms with E-state index in [0.717, 1.165) is 50.5 Å². The fourth-order valence-electron chi connectivity index (χ4n) is 3.43. The van der Waals surface area contributed by atoms with Gasteiger partial charge >= 0.3 is 0 Å². The van der Waals surface area contributed by atoms with Crippen molar-refractivity contribution in [2.45, 2.75) is 31.3 Å². The number of aromatic nitrogens is 4. The number of fused-ring (bicyclic) bond motifs is 1. The molecular weight excluding hydrogens is 326 g/mol. The summed E-state index contributed by atoms with van der Waals surface area (Å²) < 4.78 is 12.9. The minimum absolute atomic E-state index is 0.204. The van der Waals surface area contributed by atoms with Crippen molar-refractivity contribution in [2.75, 3.05) is 39.5 Å². The Kier molecular flexibility index (Phi) is 4.91. The molecule has 3 atom stereocenters. The standard InChI is InChI=1S/C16H23N5O4/c22-8-13-12(23)7-14(25-13)21-10-19-15-11(17-9-18-16(15)21)1-2-20-3-5-24-6-4-20/h9-10,12-14,22-23H,1-8H2/t12-,13+,14+/m0/s1. The predicted octanol–water partition coefficient (Wildman–Crippen LogP) is -0.658. The summed E-state index contributed by atoms with van der Waals surface area (Å²) in [4.78, 5) is 15.6. The Morgan fingerprint density at radius 2 is 2.04 bits per heavy atom. The molecule has 0 radical (unpaired) electrons. The molecule has 25 heavy (non-hydrogen) atoms. The average molecular weight is 349 g/mol. The summed E-state index contributed by atoms with van der Waals surface area (Å²) in [6, 6.07) is 0. The van der Waals surface area contributed by atoms with E-state index in [-0.39, 0.29) is 12.8 Å². The highest BCUT2D eigenvalue weighted by Gasteiger charge is 2.35. The second-order valence-corrected chi connectivity index (χ2v) is 6.46. The summed E-state index contributed by atoms with van der Waals surface area (Å²) in [6.07, 6.45) is 2.80. The number of morpholine rings is 1. The minimum atomic E-state index is -0.685. The van der Waals surface area contributed by atoms with Gasteiger partial charge in [0.2, 0.25) is 0 Å². The van der Waals surface area contributed by atoms with Crippen LogP contribution in [0.1, 0.15) is 18.3 Å². The first-order chi connectivity index (χ1) is 12.3. The zero-order chi connectivity index (χ0) is 17.2. The molecule has 2 aliphatic rings. The van der Waals surface area contributed by atoms with E-state index in [2.05, 4.69) is 19.9 Å². The van der Waals surface area contributed by atoms with Gasteiger partial charge in [-0.05, 0) is 0 Å². The first-order valence-corrected chi connectivity index (χ1v) is 8.67. The molecule has 2 aliphatic heterocycles. The largest absolute Gasteiger partial charge is 0.394 e. The van der Waals surface area contributed by atoms with Gasteiger partial charge in [-0.2, -0.15) is 0 Å². The second-order valence-electron chi connectivity index (χ2n) is 6.46. The van der Waals surface area contributed by atoms with Crippen LogP contribution in [0.3, 0.4) is 0 Å². The Balaban J connectivity index is 1.52. The van der Waals surface area contributed by atoms with Crippen LogP contribution in [0.25, 0.3) is 11.2 Å². The van der Waals surface area contributed by atoms with Gasteiger partial charge in [0.15, 0.2) is 5.65 Å².